The summed E-state index contributed by atoms with van der Waals surface area (Å²) in [5.41, 5.74) is 5.89. The van der Waals surface area contributed by atoms with E-state index in [0.717, 1.165) is 50.4 Å². The Morgan fingerprint density at radius 1 is 1.29 bits per heavy atom. The predicted molar refractivity (Wildman–Crippen MR) is 65.7 cm³/mol. The molecule has 0 atom stereocenters. The van der Waals surface area contributed by atoms with Gasteiger partial charge in [0, 0.05) is 24.9 Å². The van der Waals surface area contributed by atoms with E-state index in [2.05, 4.69) is 15.0 Å². The average molecular weight is 238 g/mol. The van der Waals surface area contributed by atoms with Gasteiger partial charge in [0.1, 0.15) is 0 Å². The van der Waals surface area contributed by atoms with Gasteiger partial charge in [-0.25, -0.2) is 0 Å². The van der Waals surface area contributed by atoms with Crippen molar-refractivity contribution < 1.29 is 4.52 Å². The second kappa shape index (κ2) is 5.60. The topological polar surface area (TPSA) is 68.2 Å². The van der Waals surface area contributed by atoms with Gasteiger partial charge in [-0.3, -0.25) is 0 Å². The van der Waals surface area contributed by atoms with E-state index in [-0.39, 0.29) is 0 Å². The standard InChI is InChI=1S/C12H22N4O/c1-16(2)8-7-11-14-12(17-15-11)9-3-5-10(13)6-4-9/h9-10H,3-8,13H2,1-2H3. The molecule has 2 N–H and O–H groups in total. The molecule has 1 aliphatic carbocycles. The summed E-state index contributed by atoms with van der Waals surface area (Å²) < 4.78 is 5.35. The zero-order valence-electron chi connectivity index (χ0n) is 10.7. The maximum atomic E-state index is 5.89. The van der Waals surface area contributed by atoms with Gasteiger partial charge in [-0.05, 0) is 39.8 Å². The molecule has 0 spiro atoms. The molecule has 1 aliphatic rings. The van der Waals surface area contributed by atoms with E-state index < -0.39 is 0 Å². The summed E-state index contributed by atoms with van der Waals surface area (Å²) in [7, 11) is 4.09. The zero-order valence-corrected chi connectivity index (χ0v) is 10.7. The van der Waals surface area contributed by atoms with Gasteiger partial charge in [-0.1, -0.05) is 5.16 Å². The number of hydrogen-bond acceptors (Lipinski definition) is 5. The van der Waals surface area contributed by atoms with E-state index in [1.165, 1.54) is 0 Å². The van der Waals surface area contributed by atoms with E-state index in [1.807, 2.05) is 14.1 Å². The van der Waals surface area contributed by atoms with Gasteiger partial charge in [0.25, 0.3) is 0 Å². The number of aromatic nitrogens is 2. The summed E-state index contributed by atoms with van der Waals surface area (Å²) in [5.74, 6) is 2.06. The van der Waals surface area contributed by atoms with Crippen LogP contribution in [0, 0.1) is 0 Å². The molecule has 1 fully saturated rings. The van der Waals surface area contributed by atoms with Crippen LogP contribution in [0.4, 0.5) is 0 Å². The van der Waals surface area contributed by atoms with E-state index in [1.54, 1.807) is 0 Å². The van der Waals surface area contributed by atoms with Crippen LogP contribution in [0.5, 0.6) is 0 Å². The predicted octanol–water partition coefficient (Wildman–Crippen LogP) is 1.16. The molecule has 0 unspecified atom stereocenters. The molecular weight excluding hydrogens is 216 g/mol. The van der Waals surface area contributed by atoms with Crippen LogP contribution in [0.1, 0.15) is 43.3 Å². The highest BCUT2D eigenvalue weighted by molar-refractivity contribution is 4.97. The van der Waals surface area contributed by atoms with Crippen LogP contribution < -0.4 is 5.73 Å². The van der Waals surface area contributed by atoms with Gasteiger partial charge >= 0.3 is 0 Å². The molecule has 0 aliphatic heterocycles. The summed E-state index contributed by atoms with van der Waals surface area (Å²) in [4.78, 5) is 6.61. The minimum Gasteiger partial charge on any atom is -0.339 e. The summed E-state index contributed by atoms with van der Waals surface area (Å²) in [6.45, 7) is 0.953. The van der Waals surface area contributed by atoms with Crippen LogP contribution in [-0.2, 0) is 6.42 Å². The fourth-order valence-electron chi connectivity index (χ4n) is 2.22. The lowest BCUT2D eigenvalue weighted by atomic mass is 9.86. The smallest absolute Gasteiger partial charge is 0.229 e. The first kappa shape index (κ1) is 12.5. The van der Waals surface area contributed by atoms with Gasteiger partial charge in [0.05, 0.1) is 0 Å². The van der Waals surface area contributed by atoms with Crippen LogP contribution in [-0.4, -0.2) is 41.7 Å². The van der Waals surface area contributed by atoms with E-state index >= 15 is 0 Å². The van der Waals surface area contributed by atoms with Gasteiger partial charge < -0.3 is 15.2 Å². The number of nitrogens with two attached hydrogens (primary N) is 1. The highest BCUT2D eigenvalue weighted by Crippen LogP contribution is 2.31. The second-order valence-corrected chi connectivity index (χ2v) is 5.21. The van der Waals surface area contributed by atoms with Crippen molar-refractivity contribution in [3.63, 3.8) is 0 Å². The van der Waals surface area contributed by atoms with Crippen LogP contribution in [0.2, 0.25) is 0 Å². The van der Waals surface area contributed by atoms with Gasteiger partial charge in [0.15, 0.2) is 5.82 Å². The normalized spacial score (nSPS) is 25.4. The lowest BCUT2D eigenvalue weighted by Gasteiger charge is -2.22. The van der Waals surface area contributed by atoms with Crippen molar-refractivity contribution in [3.8, 4) is 0 Å². The van der Waals surface area contributed by atoms with E-state index in [4.69, 9.17) is 10.3 Å². The maximum absolute atomic E-state index is 5.89. The molecule has 5 heteroatoms. The summed E-state index contributed by atoms with van der Waals surface area (Å²) in [6.07, 6.45) is 5.15. The second-order valence-electron chi connectivity index (χ2n) is 5.21. The number of hydrogen-bond donors (Lipinski definition) is 1. The van der Waals surface area contributed by atoms with Crippen molar-refractivity contribution in [2.45, 2.75) is 44.1 Å². The average Bonchev–Trinajstić information content (AvgIpc) is 2.76. The fraction of sp³-hybridized carbons (Fsp3) is 0.833. The van der Waals surface area contributed by atoms with Crippen molar-refractivity contribution in [1.29, 1.82) is 0 Å². The lowest BCUT2D eigenvalue weighted by Crippen LogP contribution is -2.25. The molecule has 1 aromatic rings. The molecule has 96 valence electrons. The third-order valence-corrected chi connectivity index (χ3v) is 3.39. The Labute approximate surface area is 102 Å². The van der Waals surface area contributed by atoms with E-state index in [9.17, 15) is 0 Å². The summed E-state index contributed by atoms with van der Waals surface area (Å²) in [5, 5.41) is 4.04. The quantitative estimate of drug-likeness (QED) is 0.852. The van der Waals surface area contributed by atoms with Crippen LogP contribution in [0.3, 0.4) is 0 Å². The van der Waals surface area contributed by atoms with Crippen molar-refractivity contribution >= 4 is 0 Å². The first-order valence-corrected chi connectivity index (χ1v) is 6.38. The van der Waals surface area contributed by atoms with Crippen molar-refractivity contribution in [1.82, 2.24) is 15.0 Å². The molecule has 0 amide bonds. The molecule has 1 heterocycles. The first-order chi connectivity index (χ1) is 8.15. The molecule has 0 radical (unpaired) electrons. The Kier molecular flexibility index (Phi) is 4.12. The highest BCUT2D eigenvalue weighted by atomic mass is 16.5. The number of rotatable bonds is 4. The summed E-state index contributed by atoms with van der Waals surface area (Å²) >= 11 is 0. The van der Waals surface area contributed by atoms with Crippen molar-refractivity contribution in [3.05, 3.63) is 11.7 Å². The van der Waals surface area contributed by atoms with Crippen LogP contribution >= 0.6 is 0 Å². The van der Waals surface area contributed by atoms with E-state index in [0.29, 0.717) is 12.0 Å². The van der Waals surface area contributed by atoms with Crippen molar-refractivity contribution in [2.75, 3.05) is 20.6 Å². The number of nitrogens with zero attached hydrogens (tertiary/aromatic N) is 3. The van der Waals surface area contributed by atoms with Gasteiger partial charge in [-0.2, -0.15) is 4.98 Å². The Hall–Kier alpha value is -0.940. The lowest BCUT2D eigenvalue weighted by molar-refractivity contribution is 0.299. The Morgan fingerprint density at radius 2 is 2.00 bits per heavy atom. The largest absolute Gasteiger partial charge is 0.339 e. The third-order valence-electron chi connectivity index (χ3n) is 3.39. The molecule has 0 bridgehead atoms. The Bertz CT molecular complexity index is 342. The van der Waals surface area contributed by atoms with Gasteiger partial charge in [-0.15, -0.1) is 0 Å². The minimum absolute atomic E-state index is 0.363. The number of likely N-dealkylation sites (N-methyl/N-ethyl adjacent to an activating group) is 1. The maximum Gasteiger partial charge on any atom is 0.229 e. The minimum atomic E-state index is 0.363. The molecule has 0 saturated heterocycles. The summed E-state index contributed by atoms with van der Waals surface area (Å²) in [6, 6.07) is 0.363. The molecule has 17 heavy (non-hydrogen) atoms. The molecule has 0 aromatic carbocycles. The molecule has 2 rings (SSSR count). The molecule has 1 aromatic heterocycles. The Morgan fingerprint density at radius 3 is 2.65 bits per heavy atom. The van der Waals surface area contributed by atoms with Crippen LogP contribution in [0.25, 0.3) is 0 Å². The SMILES string of the molecule is CN(C)CCc1noc(C2CCC(N)CC2)n1. The van der Waals surface area contributed by atoms with Crippen LogP contribution in [0.15, 0.2) is 4.52 Å². The zero-order chi connectivity index (χ0) is 12.3. The first-order valence-electron chi connectivity index (χ1n) is 6.38. The van der Waals surface area contributed by atoms with Gasteiger partial charge in [0.2, 0.25) is 5.89 Å². The third kappa shape index (κ3) is 3.51. The Balaban J connectivity index is 1.89. The molecular formula is C12H22N4O. The molecule has 5 nitrogen and oxygen atoms in total. The van der Waals surface area contributed by atoms with Crippen molar-refractivity contribution in [2.24, 2.45) is 5.73 Å². The monoisotopic (exact) mass is 238 g/mol. The fourth-order valence-corrected chi connectivity index (χ4v) is 2.22. The highest BCUT2D eigenvalue weighted by Gasteiger charge is 2.24. The molecule has 1 saturated carbocycles.